The molecule has 31 heavy (non-hydrogen) atoms. The van der Waals surface area contributed by atoms with Gasteiger partial charge in [-0.25, -0.2) is 0 Å². The molecule has 1 heteroatoms. The van der Waals surface area contributed by atoms with E-state index in [1.54, 1.807) is 0 Å². The Balaban J connectivity index is 1.60. The van der Waals surface area contributed by atoms with Gasteiger partial charge in [-0.3, -0.25) is 0 Å². The first-order chi connectivity index (χ1) is 14.3. The maximum Gasteiger partial charge on any atom is 0.0594 e. The van der Waals surface area contributed by atoms with Crippen LogP contribution in [-0.4, -0.2) is 11.2 Å². The van der Waals surface area contributed by atoms with E-state index in [2.05, 4.69) is 61.1 Å². The molecule has 4 saturated carbocycles. The van der Waals surface area contributed by atoms with Crippen LogP contribution in [0.15, 0.2) is 23.8 Å². The van der Waals surface area contributed by atoms with Crippen LogP contribution in [0.25, 0.3) is 0 Å². The Kier molecular flexibility index (Phi) is 4.68. The van der Waals surface area contributed by atoms with Gasteiger partial charge >= 0.3 is 0 Å². The molecule has 4 fully saturated rings. The Labute approximate surface area is 192 Å². The number of aliphatic hydroxyl groups excluding tert-OH is 1. The van der Waals surface area contributed by atoms with Crippen LogP contribution in [-0.2, 0) is 0 Å². The zero-order valence-electron chi connectivity index (χ0n) is 21.5. The van der Waals surface area contributed by atoms with Gasteiger partial charge < -0.3 is 5.11 Å². The van der Waals surface area contributed by atoms with Gasteiger partial charge in [-0.05, 0) is 115 Å². The zero-order chi connectivity index (χ0) is 22.6. The molecule has 5 rings (SSSR count). The molecule has 5 aliphatic rings. The molecule has 5 aliphatic carbocycles. The van der Waals surface area contributed by atoms with Gasteiger partial charge in [0.25, 0.3) is 0 Å². The SMILES string of the molecule is C=C(C)C1CCC2(C)CCC3(C)C(=CCC4C5(C)CCC(O)C(C)(C)C5CCC43C)C12. The zero-order valence-corrected chi connectivity index (χ0v) is 21.5. The van der Waals surface area contributed by atoms with Crippen LogP contribution >= 0.6 is 0 Å². The van der Waals surface area contributed by atoms with Crippen LogP contribution < -0.4 is 0 Å². The molecule has 9 unspecified atom stereocenters. The fourth-order valence-corrected chi connectivity index (χ4v) is 10.7. The van der Waals surface area contributed by atoms with Crippen LogP contribution in [0.5, 0.6) is 0 Å². The third-order valence-corrected chi connectivity index (χ3v) is 12.8. The standard InChI is InChI=1S/C30H48O/c1-19(2)20-11-14-27(5)17-18-29(7)21(25(20)27)9-10-23-28(6)15-13-24(31)26(3,4)22(28)12-16-30(23,29)8/h9,20,22-25,31H,1,10-18H2,2-8H3. The first-order valence-corrected chi connectivity index (χ1v) is 13.4. The highest BCUT2D eigenvalue weighted by Crippen LogP contribution is 2.76. The molecule has 0 aromatic heterocycles. The van der Waals surface area contributed by atoms with E-state index in [1.165, 1.54) is 56.9 Å². The Hall–Kier alpha value is -0.560. The van der Waals surface area contributed by atoms with Crippen molar-refractivity contribution in [1.29, 1.82) is 0 Å². The van der Waals surface area contributed by atoms with Crippen molar-refractivity contribution in [1.82, 2.24) is 0 Å². The summed E-state index contributed by atoms with van der Waals surface area (Å²) in [6.07, 6.45) is 14.2. The second-order valence-corrected chi connectivity index (χ2v) is 14.3. The Bertz CT molecular complexity index is 820. The lowest BCUT2D eigenvalue weighted by atomic mass is 9.34. The lowest BCUT2D eigenvalue weighted by Crippen LogP contribution is -2.64. The second-order valence-electron chi connectivity index (χ2n) is 14.3. The molecule has 0 heterocycles. The van der Waals surface area contributed by atoms with E-state index < -0.39 is 0 Å². The van der Waals surface area contributed by atoms with Gasteiger partial charge in [-0.2, -0.15) is 0 Å². The Morgan fingerprint density at radius 2 is 1.61 bits per heavy atom. The number of aliphatic hydroxyl groups is 1. The molecule has 0 amide bonds. The average Bonchev–Trinajstić information content (AvgIpc) is 3.04. The molecule has 1 N–H and O–H groups in total. The summed E-state index contributed by atoms with van der Waals surface area (Å²) < 4.78 is 0. The predicted molar refractivity (Wildman–Crippen MR) is 131 cm³/mol. The summed E-state index contributed by atoms with van der Waals surface area (Å²) >= 11 is 0. The summed E-state index contributed by atoms with van der Waals surface area (Å²) in [6, 6.07) is 0. The monoisotopic (exact) mass is 424 g/mol. The van der Waals surface area contributed by atoms with Gasteiger partial charge in [-0.1, -0.05) is 65.3 Å². The highest BCUT2D eigenvalue weighted by atomic mass is 16.3. The van der Waals surface area contributed by atoms with Gasteiger partial charge in [0.15, 0.2) is 0 Å². The van der Waals surface area contributed by atoms with E-state index in [0.717, 1.165) is 18.3 Å². The molecule has 0 aliphatic heterocycles. The molecule has 0 spiro atoms. The van der Waals surface area contributed by atoms with E-state index in [-0.39, 0.29) is 11.5 Å². The second kappa shape index (κ2) is 6.52. The molecule has 9 atom stereocenters. The lowest BCUT2D eigenvalue weighted by molar-refractivity contribution is -0.200. The number of allylic oxidation sites excluding steroid dienone is 3. The van der Waals surface area contributed by atoms with E-state index in [9.17, 15) is 5.11 Å². The minimum Gasteiger partial charge on any atom is -0.393 e. The minimum atomic E-state index is -0.134. The largest absolute Gasteiger partial charge is 0.393 e. The van der Waals surface area contributed by atoms with Gasteiger partial charge in [0.1, 0.15) is 0 Å². The molecule has 0 saturated heterocycles. The van der Waals surface area contributed by atoms with Crippen molar-refractivity contribution in [2.45, 2.75) is 112 Å². The molecule has 174 valence electrons. The molecule has 0 aromatic carbocycles. The molecular weight excluding hydrogens is 376 g/mol. The third-order valence-electron chi connectivity index (χ3n) is 12.8. The summed E-state index contributed by atoms with van der Waals surface area (Å²) in [5.41, 5.74) is 4.84. The summed E-state index contributed by atoms with van der Waals surface area (Å²) in [4.78, 5) is 0. The van der Waals surface area contributed by atoms with Gasteiger partial charge in [-0.15, -0.1) is 0 Å². The molecule has 0 radical (unpaired) electrons. The first-order valence-electron chi connectivity index (χ1n) is 13.4. The van der Waals surface area contributed by atoms with Gasteiger partial charge in [0.2, 0.25) is 0 Å². The van der Waals surface area contributed by atoms with Crippen molar-refractivity contribution < 1.29 is 5.11 Å². The van der Waals surface area contributed by atoms with E-state index in [4.69, 9.17) is 0 Å². The summed E-state index contributed by atoms with van der Waals surface area (Å²) in [6.45, 7) is 22.0. The van der Waals surface area contributed by atoms with Gasteiger partial charge in [0, 0.05) is 0 Å². The minimum absolute atomic E-state index is 0.0425. The maximum atomic E-state index is 10.9. The Morgan fingerprint density at radius 3 is 2.29 bits per heavy atom. The molecule has 0 bridgehead atoms. The van der Waals surface area contributed by atoms with E-state index in [1.807, 2.05) is 5.57 Å². The summed E-state index contributed by atoms with van der Waals surface area (Å²) in [7, 11) is 0. The van der Waals surface area contributed by atoms with Crippen molar-refractivity contribution in [2.24, 2.45) is 50.7 Å². The summed E-state index contributed by atoms with van der Waals surface area (Å²) in [5.74, 6) is 2.79. The topological polar surface area (TPSA) is 20.2 Å². The number of rotatable bonds is 1. The van der Waals surface area contributed by atoms with Crippen LogP contribution in [0.2, 0.25) is 0 Å². The van der Waals surface area contributed by atoms with Crippen molar-refractivity contribution >= 4 is 0 Å². The van der Waals surface area contributed by atoms with Crippen molar-refractivity contribution in [3.8, 4) is 0 Å². The maximum absolute atomic E-state index is 10.9. The number of fused-ring (bicyclic) bond motifs is 7. The Morgan fingerprint density at radius 1 is 0.903 bits per heavy atom. The average molecular weight is 425 g/mol. The first kappa shape index (κ1) is 22.2. The van der Waals surface area contributed by atoms with E-state index >= 15 is 0 Å². The lowest BCUT2D eigenvalue weighted by Gasteiger charge is -2.70. The van der Waals surface area contributed by atoms with Crippen molar-refractivity contribution in [3.05, 3.63) is 23.8 Å². The normalized spacial score (nSPS) is 55.4. The molecule has 1 nitrogen and oxygen atoms in total. The molecule has 0 aromatic rings. The quantitative estimate of drug-likeness (QED) is 0.423. The van der Waals surface area contributed by atoms with E-state index in [0.29, 0.717) is 33.5 Å². The number of hydrogen-bond acceptors (Lipinski definition) is 1. The van der Waals surface area contributed by atoms with Crippen molar-refractivity contribution in [3.63, 3.8) is 0 Å². The summed E-state index contributed by atoms with van der Waals surface area (Å²) in [5, 5.41) is 10.9. The van der Waals surface area contributed by atoms with Crippen LogP contribution in [0.3, 0.4) is 0 Å². The smallest absolute Gasteiger partial charge is 0.0594 e. The fourth-order valence-electron chi connectivity index (χ4n) is 10.7. The highest BCUT2D eigenvalue weighted by molar-refractivity contribution is 5.35. The van der Waals surface area contributed by atoms with Gasteiger partial charge in [0.05, 0.1) is 6.10 Å². The van der Waals surface area contributed by atoms with Crippen molar-refractivity contribution in [2.75, 3.05) is 0 Å². The predicted octanol–water partition coefficient (Wildman–Crippen LogP) is 7.94. The fraction of sp³-hybridized carbons (Fsp3) is 0.867. The number of hydrogen-bond donors (Lipinski definition) is 1. The third kappa shape index (κ3) is 2.59. The van der Waals surface area contributed by atoms with Crippen LogP contribution in [0.4, 0.5) is 0 Å². The highest BCUT2D eigenvalue weighted by Gasteiger charge is 2.68. The van der Waals surface area contributed by atoms with Crippen LogP contribution in [0.1, 0.15) is 106 Å². The molecular formula is C30H48O. The van der Waals surface area contributed by atoms with Crippen LogP contribution in [0, 0.1) is 50.7 Å².